The van der Waals surface area contributed by atoms with Crippen LogP contribution in [0.15, 0.2) is 35.1 Å². The van der Waals surface area contributed by atoms with E-state index in [1.54, 1.807) is 13.8 Å². The number of carbonyl (C=O) groups excluding carboxylic acids is 1. The number of benzene rings is 1. The van der Waals surface area contributed by atoms with Crippen LogP contribution in [0, 0.1) is 6.92 Å². The average Bonchev–Trinajstić information content (AvgIpc) is 2.55. The topological polar surface area (TPSA) is 123 Å². The number of aromatic nitrogens is 3. The van der Waals surface area contributed by atoms with Gasteiger partial charge in [-0.15, -0.1) is 0 Å². The van der Waals surface area contributed by atoms with Crippen molar-refractivity contribution in [3.05, 3.63) is 52.1 Å². The number of para-hydroxylation sites is 1. The van der Waals surface area contributed by atoms with Gasteiger partial charge in [0.25, 0.3) is 5.56 Å². The number of hydrogen-bond acceptors (Lipinski definition) is 7. The number of ether oxygens (including phenoxy) is 1. The summed E-state index contributed by atoms with van der Waals surface area (Å²) in [5.74, 6) is 0.0623. The highest BCUT2D eigenvalue weighted by atomic mass is 16.5. The molecule has 0 atom stereocenters. The molecule has 1 aromatic carbocycles. The molecule has 0 amide bonds. The predicted octanol–water partition coefficient (Wildman–Crippen LogP) is 2.13. The van der Waals surface area contributed by atoms with Gasteiger partial charge >= 0.3 is 5.97 Å². The number of hydrogen-bond donors (Lipinski definition) is 3. The van der Waals surface area contributed by atoms with E-state index in [2.05, 4.69) is 20.3 Å². The molecule has 0 spiro atoms. The smallest absolute Gasteiger partial charge is 0.345 e. The van der Waals surface area contributed by atoms with Crippen LogP contribution in [0.5, 0.6) is 0 Å². The second-order valence-electron chi connectivity index (χ2n) is 5.30. The van der Waals surface area contributed by atoms with Gasteiger partial charge in [0.1, 0.15) is 22.9 Å². The lowest BCUT2D eigenvalue weighted by Crippen LogP contribution is -2.23. The minimum atomic E-state index is -0.783. The van der Waals surface area contributed by atoms with Crippen LogP contribution in [0.1, 0.15) is 23.1 Å². The molecule has 0 aliphatic rings. The van der Waals surface area contributed by atoms with Gasteiger partial charge in [-0.05, 0) is 26.0 Å². The molecule has 4 N–H and O–H groups in total. The van der Waals surface area contributed by atoms with Crippen molar-refractivity contribution in [1.82, 2.24) is 15.0 Å². The predicted molar refractivity (Wildman–Crippen MR) is 95.0 cm³/mol. The third-order valence-electron chi connectivity index (χ3n) is 3.53. The van der Waals surface area contributed by atoms with Crippen molar-refractivity contribution in [2.45, 2.75) is 13.8 Å². The molecule has 3 aromatic rings. The zero-order chi connectivity index (χ0) is 18.0. The highest BCUT2D eigenvalue weighted by molar-refractivity contribution is 6.07. The number of carbonyl (C=O) groups is 1. The van der Waals surface area contributed by atoms with Crippen molar-refractivity contribution in [3.8, 4) is 0 Å². The SMILES string of the molecule is CCOC(=O)c1c(N)c2c(Nc3ccccc3)nc(C)nc2[nH]c1=O. The zero-order valence-electron chi connectivity index (χ0n) is 13.8. The maximum atomic E-state index is 12.2. The van der Waals surface area contributed by atoms with E-state index in [0.29, 0.717) is 17.0 Å². The van der Waals surface area contributed by atoms with Gasteiger partial charge in [-0.2, -0.15) is 0 Å². The second-order valence-corrected chi connectivity index (χ2v) is 5.30. The van der Waals surface area contributed by atoms with E-state index in [1.807, 2.05) is 30.3 Å². The number of H-pyrrole nitrogens is 1. The van der Waals surface area contributed by atoms with Crippen LogP contribution in [0.3, 0.4) is 0 Å². The Morgan fingerprint density at radius 2 is 2.00 bits per heavy atom. The Morgan fingerprint density at radius 3 is 2.68 bits per heavy atom. The van der Waals surface area contributed by atoms with Crippen LogP contribution in [0.2, 0.25) is 0 Å². The monoisotopic (exact) mass is 339 g/mol. The number of fused-ring (bicyclic) bond motifs is 1. The lowest BCUT2D eigenvalue weighted by atomic mass is 10.1. The van der Waals surface area contributed by atoms with Crippen molar-refractivity contribution >= 4 is 34.2 Å². The van der Waals surface area contributed by atoms with Gasteiger partial charge in [0.05, 0.1) is 17.7 Å². The van der Waals surface area contributed by atoms with Gasteiger partial charge in [-0.25, -0.2) is 14.8 Å². The number of nitrogens with zero attached hydrogens (tertiary/aromatic N) is 2. The molecule has 25 heavy (non-hydrogen) atoms. The Morgan fingerprint density at radius 1 is 1.28 bits per heavy atom. The Balaban J connectivity index is 2.24. The molecule has 0 radical (unpaired) electrons. The third-order valence-corrected chi connectivity index (χ3v) is 3.53. The van der Waals surface area contributed by atoms with E-state index in [4.69, 9.17) is 10.5 Å². The maximum absolute atomic E-state index is 12.2. The molecule has 2 heterocycles. The summed E-state index contributed by atoms with van der Waals surface area (Å²) >= 11 is 0. The van der Waals surface area contributed by atoms with Crippen LogP contribution >= 0.6 is 0 Å². The first-order valence-corrected chi connectivity index (χ1v) is 7.70. The highest BCUT2D eigenvalue weighted by Crippen LogP contribution is 2.28. The number of nitrogens with one attached hydrogen (secondary N) is 2. The highest BCUT2D eigenvalue weighted by Gasteiger charge is 2.22. The fourth-order valence-electron chi connectivity index (χ4n) is 2.49. The lowest BCUT2D eigenvalue weighted by Gasteiger charge is -2.13. The normalized spacial score (nSPS) is 10.6. The fraction of sp³-hybridized carbons (Fsp3) is 0.176. The molecular weight excluding hydrogens is 322 g/mol. The number of rotatable bonds is 4. The number of aromatic amines is 1. The van der Waals surface area contributed by atoms with Crippen molar-refractivity contribution < 1.29 is 9.53 Å². The zero-order valence-corrected chi connectivity index (χ0v) is 13.8. The van der Waals surface area contributed by atoms with E-state index in [1.165, 1.54) is 0 Å². The molecule has 0 unspecified atom stereocenters. The molecule has 3 rings (SSSR count). The summed E-state index contributed by atoms with van der Waals surface area (Å²) in [6.07, 6.45) is 0. The van der Waals surface area contributed by atoms with Crippen molar-refractivity contribution in [2.75, 3.05) is 17.7 Å². The van der Waals surface area contributed by atoms with E-state index in [9.17, 15) is 9.59 Å². The Labute approximate surface area is 143 Å². The minimum Gasteiger partial charge on any atom is -0.462 e. The Kier molecular flexibility index (Phi) is 4.34. The molecule has 0 bridgehead atoms. The lowest BCUT2D eigenvalue weighted by molar-refractivity contribution is 0.0526. The van der Waals surface area contributed by atoms with Crippen molar-refractivity contribution in [2.24, 2.45) is 0 Å². The van der Waals surface area contributed by atoms with Gasteiger partial charge in [0, 0.05) is 5.69 Å². The summed E-state index contributed by atoms with van der Waals surface area (Å²) in [4.78, 5) is 35.5. The molecule has 8 nitrogen and oxygen atoms in total. The maximum Gasteiger partial charge on any atom is 0.345 e. The number of aryl methyl sites for hydroxylation is 1. The summed E-state index contributed by atoms with van der Waals surface area (Å²) < 4.78 is 4.92. The first-order chi connectivity index (χ1) is 12.0. The molecule has 0 aliphatic heterocycles. The van der Waals surface area contributed by atoms with E-state index in [-0.39, 0.29) is 23.5 Å². The molecule has 2 aromatic heterocycles. The number of pyridine rings is 1. The van der Waals surface area contributed by atoms with Crippen LogP contribution in [-0.2, 0) is 4.74 Å². The number of nitrogens with two attached hydrogens (primary N) is 1. The van der Waals surface area contributed by atoms with E-state index < -0.39 is 11.5 Å². The summed E-state index contributed by atoms with van der Waals surface area (Å²) in [6.45, 7) is 3.48. The minimum absolute atomic E-state index is 0.0179. The van der Waals surface area contributed by atoms with Crippen molar-refractivity contribution in [3.63, 3.8) is 0 Å². The van der Waals surface area contributed by atoms with E-state index >= 15 is 0 Å². The standard InChI is InChI=1S/C17H17N5O3/c1-3-25-17(24)12-13(18)11-14(21-10-7-5-4-6-8-10)19-9(2)20-15(11)22-16(12)23/h4-8H,3H2,1-2H3,(H4,18,19,20,21,22,23). The molecule has 0 aliphatic carbocycles. The van der Waals surface area contributed by atoms with Crippen LogP contribution in [-0.4, -0.2) is 27.5 Å². The Hall–Kier alpha value is -3.42. The average molecular weight is 339 g/mol. The summed E-state index contributed by atoms with van der Waals surface area (Å²) in [5, 5.41) is 3.50. The fourth-order valence-corrected chi connectivity index (χ4v) is 2.49. The van der Waals surface area contributed by atoms with Crippen LogP contribution in [0.4, 0.5) is 17.2 Å². The first-order valence-electron chi connectivity index (χ1n) is 7.70. The summed E-state index contributed by atoms with van der Waals surface area (Å²) in [5.41, 5.74) is 6.23. The second kappa shape index (κ2) is 6.60. The Bertz CT molecular complexity index is 999. The van der Waals surface area contributed by atoms with Crippen LogP contribution < -0.4 is 16.6 Å². The number of nitrogen functional groups attached to an aromatic ring is 1. The van der Waals surface area contributed by atoms with Crippen LogP contribution in [0.25, 0.3) is 11.0 Å². The van der Waals surface area contributed by atoms with E-state index in [0.717, 1.165) is 5.69 Å². The third kappa shape index (κ3) is 3.14. The largest absolute Gasteiger partial charge is 0.462 e. The number of esters is 1. The molecule has 128 valence electrons. The number of anilines is 3. The van der Waals surface area contributed by atoms with Gasteiger partial charge in [0.15, 0.2) is 0 Å². The molecule has 0 saturated carbocycles. The molecule has 0 saturated heterocycles. The molecule has 8 heteroatoms. The van der Waals surface area contributed by atoms with Gasteiger partial charge in [-0.3, -0.25) is 4.79 Å². The van der Waals surface area contributed by atoms with Gasteiger partial charge < -0.3 is 20.8 Å². The molecule has 0 fully saturated rings. The molecular formula is C17H17N5O3. The first kappa shape index (κ1) is 16.4. The van der Waals surface area contributed by atoms with Gasteiger partial charge in [0.2, 0.25) is 0 Å². The van der Waals surface area contributed by atoms with Crippen molar-refractivity contribution in [1.29, 1.82) is 0 Å². The summed E-state index contributed by atoms with van der Waals surface area (Å²) in [7, 11) is 0. The summed E-state index contributed by atoms with van der Waals surface area (Å²) in [6, 6.07) is 9.34. The quantitative estimate of drug-likeness (QED) is 0.622. The van der Waals surface area contributed by atoms with Gasteiger partial charge in [-0.1, -0.05) is 18.2 Å².